The van der Waals surface area contributed by atoms with E-state index in [1.165, 1.54) is 0 Å². The average Bonchev–Trinajstić information content (AvgIpc) is 2.46. The molecule has 1 aliphatic rings. The molecule has 5 heteroatoms. The van der Waals surface area contributed by atoms with Gasteiger partial charge >= 0.3 is 0 Å². The summed E-state index contributed by atoms with van der Waals surface area (Å²) in [6, 6.07) is 2.00. The molecule has 4 nitrogen and oxygen atoms in total. The minimum Gasteiger partial charge on any atom is -0.466 e. The van der Waals surface area contributed by atoms with Gasteiger partial charge in [-0.05, 0) is 33.3 Å². The molecule has 1 aliphatic heterocycles. The van der Waals surface area contributed by atoms with Gasteiger partial charge in [-0.2, -0.15) is 0 Å². The molecule has 0 aromatic carbocycles. The maximum atomic E-state index is 11.8. The van der Waals surface area contributed by atoms with Gasteiger partial charge in [0.2, 0.25) is 0 Å². The third-order valence-electron chi connectivity index (χ3n) is 3.22. The molecular weight excluding hydrogens is 238 g/mol. The lowest BCUT2D eigenvalue weighted by molar-refractivity contribution is 0.464. The maximum absolute atomic E-state index is 11.8. The molecule has 0 radical (unpaired) electrons. The van der Waals surface area contributed by atoms with Crippen molar-refractivity contribution in [1.29, 1.82) is 0 Å². The van der Waals surface area contributed by atoms with E-state index >= 15 is 0 Å². The molecule has 0 saturated carbocycles. The van der Waals surface area contributed by atoms with Crippen LogP contribution in [0, 0.1) is 13.8 Å². The zero-order valence-electron chi connectivity index (χ0n) is 10.5. The van der Waals surface area contributed by atoms with Crippen LogP contribution in [-0.2, 0) is 9.84 Å². The van der Waals surface area contributed by atoms with Crippen LogP contribution in [0.25, 0.3) is 0 Å². The van der Waals surface area contributed by atoms with Gasteiger partial charge in [0.15, 0.2) is 9.84 Å². The summed E-state index contributed by atoms with van der Waals surface area (Å²) < 4.78 is 29.2. The van der Waals surface area contributed by atoms with E-state index in [1.807, 2.05) is 26.8 Å². The van der Waals surface area contributed by atoms with Crippen molar-refractivity contribution in [2.45, 2.75) is 39.3 Å². The smallest absolute Gasteiger partial charge is 0.152 e. The molecule has 2 rings (SSSR count). The SMILES string of the molecule is Cc1cc(C2CS(=O)(=O)CCC(C)N2)c(C)o1. The lowest BCUT2D eigenvalue weighted by atomic mass is 10.1. The van der Waals surface area contributed by atoms with Gasteiger partial charge in [0.25, 0.3) is 0 Å². The standard InChI is InChI=1S/C12H19NO3S/c1-8-4-5-17(14,15)7-12(13-8)11-6-9(2)16-10(11)3/h6,8,12-13H,4-5,7H2,1-3H3. The molecule has 2 heterocycles. The van der Waals surface area contributed by atoms with Crippen LogP contribution >= 0.6 is 0 Å². The minimum absolute atomic E-state index is 0.144. The Labute approximate surface area is 102 Å². The largest absolute Gasteiger partial charge is 0.466 e. The van der Waals surface area contributed by atoms with E-state index in [4.69, 9.17) is 4.42 Å². The number of hydrogen-bond acceptors (Lipinski definition) is 4. The van der Waals surface area contributed by atoms with Gasteiger partial charge in [-0.3, -0.25) is 0 Å². The van der Waals surface area contributed by atoms with Crippen molar-refractivity contribution in [1.82, 2.24) is 5.32 Å². The van der Waals surface area contributed by atoms with Crippen LogP contribution in [0.2, 0.25) is 0 Å². The van der Waals surface area contributed by atoms with Crippen molar-refractivity contribution in [2.75, 3.05) is 11.5 Å². The van der Waals surface area contributed by atoms with E-state index in [0.29, 0.717) is 6.42 Å². The van der Waals surface area contributed by atoms with Crippen LogP contribution in [0.3, 0.4) is 0 Å². The highest BCUT2D eigenvalue weighted by molar-refractivity contribution is 7.91. The highest BCUT2D eigenvalue weighted by Crippen LogP contribution is 2.25. The monoisotopic (exact) mass is 257 g/mol. The highest BCUT2D eigenvalue weighted by atomic mass is 32.2. The van der Waals surface area contributed by atoms with E-state index in [1.54, 1.807) is 0 Å². The molecule has 1 saturated heterocycles. The molecule has 2 unspecified atom stereocenters. The van der Waals surface area contributed by atoms with Crippen molar-refractivity contribution in [2.24, 2.45) is 0 Å². The van der Waals surface area contributed by atoms with Crippen molar-refractivity contribution < 1.29 is 12.8 Å². The number of furan rings is 1. The Bertz CT molecular complexity index is 504. The molecule has 1 aromatic rings. The Kier molecular flexibility index (Phi) is 3.32. The van der Waals surface area contributed by atoms with Crippen LogP contribution in [-0.4, -0.2) is 26.0 Å². The summed E-state index contributed by atoms with van der Waals surface area (Å²) in [5, 5.41) is 3.37. The van der Waals surface area contributed by atoms with E-state index < -0.39 is 9.84 Å². The zero-order chi connectivity index (χ0) is 12.6. The van der Waals surface area contributed by atoms with Gasteiger partial charge in [0, 0.05) is 17.6 Å². The third kappa shape index (κ3) is 2.90. The predicted octanol–water partition coefficient (Wildman–Crippen LogP) is 1.73. The van der Waals surface area contributed by atoms with E-state index in [2.05, 4.69) is 5.32 Å². The molecule has 0 amide bonds. The van der Waals surface area contributed by atoms with Crippen LogP contribution in [0.4, 0.5) is 0 Å². The van der Waals surface area contributed by atoms with Gasteiger partial charge in [-0.1, -0.05) is 0 Å². The summed E-state index contributed by atoms with van der Waals surface area (Å²) in [6.45, 7) is 5.79. The molecule has 1 aromatic heterocycles. The maximum Gasteiger partial charge on any atom is 0.152 e. The van der Waals surface area contributed by atoms with Gasteiger partial charge in [0.1, 0.15) is 11.5 Å². The number of sulfone groups is 1. The highest BCUT2D eigenvalue weighted by Gasteiger charge is 2.28. The summed E-state index contributed by atoms with van der Waals surface area (Å²) in [6.07, 6.45) is 0.675. The number of nitrogens with one attached hydrogen (secondary N) is 1. The van der Waals surface area contributed by atoms with Crippen LogP contribution in [0.1, 0.15) is 36.5 Å². The fourth-order valence-corrected chi connectivity index (χ4v) is 4.01. The van der Waals surface area contributed by atoms with Crippen LogP contribution < -0.4 is 5.32 Å². The molecule has 17 heavy (non-hydrogen) atoms. The molecule has 1 N–H and O–H groups in total. The fourth-order valence-electron chi connectivity index (χ4n) is 2.34. The molecular formula is C12H19NO3S. The lowest BCUT2D eigenvalue weighted by Gasteiger charge is -2.18. The summed E-state index contributed by atoms with van der Waals surface area (Å²) >= 11 is 0. The predicted molar refractivity (Wildman–Crippen MR) is 66.8 cm³/mol. The normalized spacial score (nSPS) is 28.9. The quantitative estimate of drug-likeness (QED) is 0.832. The third-order valence-corrected chi connectivity index (χ3v) is 4.92. The molecule has 0 bridgehead atoms. The summed E-state index contributed by atoms with van der Waals surface area (Å²) in [5.74, 6) is 2.07. The molecule has 1 fully saturated rings. The Morgan fingerprint density at radius 2 is 2.12 bits per heavy atom. The number of rotatable bonds is 1. The Morgan fingerprint density at radius 1 is 1.41 bits per heavy atom. The van der Waals surface area contributed by atoms with Gasteiger partial charge in [-0.15, -0.1) is 0 Å². The molecule has 0 aliphatic carbocycles. The molecule has 2 atom stereocenters. The second-order valence-corrected chi connectivity index (χ2v) is 7.12. The first-order valence-electron chi connectivity index (χ1n) is 5.91. The first-order chi connectivity index (χ1) is 7.87. The Hall–Kier alpha value is -0.810. The Morgan fingerprint density at radius 3 is 2.71 bits per heavy atom. The molecule has 0 spiro atoms. The second-order valence-electron chi connectivity index (χ2n) is 4.89. The minimum atomic E-state index is -2.96. The lowest BCUT2D eigenvalue weighted by Crippen LogP contribution is -2.31. The van der Waals surface area contributed by atoms with Crippen molar-refractivity contribution in [3.05, 3.63) is 23.2 Å². The number of aryl methyl sites for hydroxylation is 2. The summed E-state index contributed by atoms with van der Waals surface area (Å²) in [4.78, 5) is 0. The van der Waals surface area contributed by atoms with Gasteiger partial charge in [-0.25, -0.2) is 8.42 Å². The summed E-state index contributed by atoms with van der Waals surface area (Å²) in [5.41, 5.74) is 0.972. The van der Waals surface area contributed by atoms with Gasteiger partial charge < -0.3 is 9.73 Å². The molecule has 96 valence electrons. The zero-order valence-corrected chi connectivity index (χ0v) is 11.3. The first-order valence-corrected chi connectivity index (χ1v) is 7.73. The summed E-state index contributed by atoms with van der Waals surface area (Å²) in [7, 11) is -2.96. The fraction of sp³-hybridized carbons (Fsp3) is 0.667. The second kappa shape index (κ2) is 4.46. The topological polar surface area (TPSA) is 59.3 Å². The van der Waals surface area contributed by atoms with Crippen LogP contribution in [0.5, 0.6) is 0 Å². The first kappa shape index (κ1) is 12.6. The van der Waals surface area contributed by atoms with Crippen molar-refractivity contribution >= 4 is 9.84 Å². The van der Waals surface area contributed by atoms with Crippen molar-refractivity contribution in [3.8, 4) is 0 Å². The van der Waals surface area contributed by atoms with Crippen LogP contribution in [0.15, 0.2) is 10.5 Å². The average molecular weight is 257 g/mol. The van der Waals surface area contributed by atoms with E-state index in [0.717, 1.165) is 17.1 Å². The number of hydrogen-bond donors (Lipinski definition) is 1. The van der Waals surface area contributed by atoms with E-state index in [9.17, 15) is 8.42 Å². The Balaban J connectivity index is 2.33. The van der Waals surface area contributed by atoms with E-state index in [-0.39, 0.29) is 23.6 Å². The van der Waals surface area contributed by atoms with Gasteiger partial charge in [0.05, 0.1) is 11.5 Å². The van der Waals surface area contributed by atoms with Crippen molar-refractivity contribution in [3.63, 3.8) is 0 Å².